The molecule has 16 heavy (non-hydrogen) atoms. The first-order chi connectivity index (χ1) is 7.63. The smallest absolute Gasteiger partial charge is 0.168 e. The molecule has 0 unspecified atom stereocenters. The van der Waals surface area contributed by atoms with Gasteiger partial charge in [-0.2, -0.15) is 0 Å². The Hall–Kier alpha value is -1.55. The van der Waals surface area contributed by atoms with E-state index in [0.717, 1.165) is 12.0 Å². The number of phenolic OH excluding ortho intramolecular Hbond substituents is 1. The monoisotopic (exact) mass is 223 g/mol. The number of aromatic hydroxyl groups is 1. The van der Waals surface area contributed by atoms with Crippen molar-refractivity contribution in [2.24, 2.45) is 5.73 Å². The minimum absolute atomic E-state index is 0.0989. The highest BCUT2D eigenvalue weighted by atomic mass is 16.5. The van der Waals surface area contributed by atoms with E-state index < -0.39 is 0 Å². The Morgan fingerprint density at radius 1 is 1.50 bits per heavy atom. The lowest BCUT2D eigenvalue weighted by Crippen LogP contribution is -2.09. The van der Waals surface area contributed by atoms with Crippen LogP contribution >= 0.6 is 0 Å². The second-order valence-corrected chi connectivity index (χ2v) is 3.51. The number of rotatable bonds is 5. The van der Waals surface area contributed by atoms with E-state index in [4.69, 9.17) is 10.5 Å². The largest absolute Gasteiger partial charge is 0.504 e. The minimum Gasteiger partial charge on any atom is -0.504 e. The zero-order valence-electron chi connectivity index (χ0n) is 9.62. The fourth-order valence-electron chi connectivity index (χ4n) is 1.50. The summed E-state index contributed by atoms with van der Waals surface area (Å²) in [5.41, 5.74) is 6.57. The lowest BCUT2D eigenvalue weighted by molar-refractivity contribution is 0.0982. The van der Waals surface area contributed by atoms with Crippen LogP contribution in [0.4, 0.5) is 0 Å². The van der Waals surface area contributed by atoms with Gasteiger partial charge in [0.1, 0.15) is 0 Å². The number of ketones is 1. The van der Waals surface area contributed by atoms with Gasteiger partial charge >= 0.3 is 0 Å². The van der Waals surface area contributed by atoms with E-state index >= 15 is 0 Å². The maximum Gasteiger partial charge on any atom is 0.168 e. The highest BCUT2D eigenvalue weighted by Gasteiger charge is 2.15. The van der Waals surface area contributed by atoms with Gasteiger partial charge in [-0.3, -0.25) is 4.79 Å². The molecule has 0 aliphatic rings. The molecule has 0 aliphatic heterocycles. The van der Waals surface area contributed by atoms with Gasteiger partial charge in [-0.15, -0.1) is 0 Å². The van der Waals surface area contributed by atoms with Crippen molar-refractivity contribution in [3.63, 3.8) is 0 Å². The summed E-state index contributed by atoms with van der Waals surface area (Å²) in [5.74, 6) is 0.0754. The van der Waals surface area contributed by atoms with Crippen LogP contribution in [0.1, 0.15) is 29.3 Å². The zero-order chi connectivity index (χ0) is 12.1. The maximum atomic E-state index is 11.7. The second-order valence-electron chi connectivity index (χ2n) is 3.51. The highest BCUT2D eigenvalue weighted by molar-refractivity contribution is 5.99. The number of methoxy groups -OCH3 is 1. The predicted octanol–water partition coefficient (Wildman–Crippen LogP) is 1.49. The molecule has 0 bridgehead atoms. The molecule has 0 aromatic heterocycles. The van der Waals surface area contributed by atoms with Crippen LogP contribution in [-0.2, 0) is 6.42 Å². The standard InChI is InChI=1S/C12H17NO3/c1-3-8-6-9(10(14)4-5-13)12(15)11(7-8)16-2/h6-7,15H,3-5,13H2,1-2H3. The number of carbonyl (C=O) groups is 1. The lowest BCUT2D eigenvalue weighted by atomic mass is 10.0. The molecule has 4 nitrogen and oxygen atoms in total. The predicted molar refractivity (Wildman–Crippen MR) is 62.0 cm³/mol. The summed E-state index contributed by atoms with van der Waals surface area (Å²) in [4.78, 5) is 11.7. The SMILES string of the molecule is CCc1cc(OC)c(O)c(C(=O)CCN)c1. The second kappa shape index (κ2) is 5.51. The van der Waals surface area contributed by atoms with Gasteiger partial charge in [-0.05, 0) is 30.7 Å². The molecule has 3 N–H and O–H groups in total. The van der Waals surface area contributed by atoms with E-state index in [9.17, 15) is 9.90 Å². The summed E-state index contributed by atoms with van der Waals surface area (Å²) in [7, 11) is 1.46. The van der Waals surface area contributed by atoms with Crippen LogP contribution in [0.5, 0.6) is 11.5 Å². The number of benzene rings is 1. The molecule has 1 aromatic carbocycles. The molecular weight excluding hydrogens is 206 g/mol. The fourth-order valence-corrected chi connectivity index (χ4v) is 1.50. The molecule has 0 fully saturated rings. The number of phenols is 1. The molecule has 0 amide bonds. The summed E-state index contributed by atoms with van der Waals surface area (Å²) in [6, 6.07) is 3.42. The van der Waals surface area contributed by atoms with Crippen molar-refractivity contribution in [3.8, 4) is 11.5 Å². The molecule has 0 heterocycles. The molecule has 0 aliphatic carbocycles. The van der Waals surface area contributed by atoms with Gasteiger partial charge in [0.15, 0.2) is 17.3 Å². The molecule has 1 rings (SSSR count). The van der Waals surface area contributed by atoms with Crippen molar-refractivity contribution < 1.29 is 14.6 Å². The Morgan fingerprint density at radius 2 is 2.19 bits per heavy atom. The first-order valence-corrected chi connectivity index (χ1v) is 5.27. The average molecular weight is 223 g/mol. The van der Waals surface area contributed by atoms with Crippen LogP contribution in [0.3, 0.4) is 0 Å². The summed E-state index contributed by atoms with van der Waals surface area (Å²) in [5, 5.41) is 9.82. The third-order valence-electron chi connectivity index (χ3n) is 2.43. The summed E-state index contributed by atoms with van der Waals surface area (Å²) >= 11 is 0. The molecule has 0 saturated carbocycles. The maximum absolute atomic E-state index is 11.7. The van der Waals surface area contributed by atoms with E-state index in [0.29, 0.717) is 11.3 Å². The fraction of sp³-hybridized carbons (Fsp3) is 0.417. The van der Waals surface area contributed by atoms with Gasteiger partial charge < -0.3 is 15.6 Å². The number of hydrogen-bond donors (Lipinski definition) is 2. The van der Waals surface area contributed by atoms with E-state index in [-0.39, 0.29) is 24.5 Å². The summed E-state index contributed by atoms with van der Waals surface area (Å²) in [6.07, 6.45) is 1.00. The van der Waals surface area contributed by atoms with Crippen LogP contribution < -0.4 is 10.5 Å². The molecule has 0 saturated heterocycles. The van der Waals surface area contributed by atoms with Crippen LogP contribution in [0, 0.1) is 0 Å². The van der Waals surface area contributed by atoms with E-state index in [1.54, 1.807) is 12.1 Å². The third-order valence-corrected chi connectivity index (χ3v) is 2.43. The molecule has 0 spiro atoms. The van der Waals surface area contributed by atoms with E-state index in [1.807, 2.05) is 6.92 Å². The molecular formula is C12H17NO3. The van der Waals surface area contributed by atoms with Gasteiger partial charge in [0.2, 0.25) is 0 Å². The van der Waals surface area contributed by atoms with Gasteiger partial charge in [-0.1, -0.05) is 6.92 Å². The molecule has 0 radical (unpaired) electrons. The van der Waals surface area contributed by atoms with Crippen molar-refractivity contribution in [2.45, 2.75) is 19.8 Å². The average Bonchev–Trinajstić information content (AvgIpc) is 2.29. The first-order valence-electron chi connectivity index (χ1n) is 5.27. The highest BCUT2D eigenvalue weighted by Crippen LogP contribution is 2.32. The van der Waals surface area contributed by atoms with Crippen molar-refractivity contribution >= 4 is 5.78 Å². The minimum atomic E-state index is -0.159. The number of ether oxygens (including phenoxy) is 1. The quantitative estimate of drug-likeness (QED) is 0.742. The van der Waals surface area contributed by atoms with Crippen molar-refractivity contribution in [3.05, 3.63) is 23.3 Å². The van der Waals surface area contributed by atoms with Gasteiger partial charge in [0, 0.05) is 6.42 Å². The molecule has 1 aromatic rings. The van der Waals surface area contributed by atoms with Crippen LogP contribution in [0.2, 0.25) is 0 Å². The Balaban J connectivity index is 3.20. The molecule has 88 valence electrons. The summed E-state index contributed by atoms with van der Waals surface area (Å²) < 4.78 is 5.02. The topological polar surface area (TPSA) is 72.5 Å². The van der Waals surface area contributed by atoms with E-state index in [2.05, 4.69) is 0 Å². The lowest BCUT2D eigenvalue weighted by Gasteiger charge is -2.10. The number of hydrogen-bond acceptors (Lipinski definition) is 4. The first kappa shape index (κ1) is 12.5. The molecule has 0 atom stereocenters. The van der Waals surface area contributed by atoms with Crippen LogP contribution in [0.25, 0.3) is 0 Å². The van der Waals surface area contributed by atoms with Crippen molar-refractivity contribution in [1.29, 1.82) is 0 Å². The van der Waals surface area contributed by atoms with Crippen molar-refractivity contribution in [1.82, 2.24) is 0 Å². The number of carbonyl (C=O) groups excluding carboxylic acids is 1. The van der Waals surface area contributed by atoms with E-state index in [1.165, 1.54) is 7.11 Å². The Morgan fingerprint density at radius 3 is 2.69 bits per heavy atom. The number of aryl methyl sites for hydroxylation is 1. The van der Waals surface area contributed by atoms with Crippen LogP contribution in [-0.4, -0.2) is 24.5 Å². The third kappa shape index (κ3) is 2.52. The van der Waals surface area contributed by atoms with Gasteiger partial charge in [0.25, 0.3) is 0 Å². The normalized spacial score (nSPS) is 10.2. The Kier molecular flexibility index (Phi) is 4.31. The van der Waals surface area contributed by atoms with Gasteiger partial charge in [-0.25, -0.2) is 0 Å². The number of nitrogens with two attached hydrogens (primary N) is 1. The number of Topliss-reactive ketones (excluding diaryl/α,β-unsaturated/α-hetero) is 1. The van der Waals surface area contributed by atoms with Gasteiger partial charge in [0.05, 0.1) is 12.7 Å². The Labute approximate surface area is 95.0 Å². The van der Waals surface area contributed by atoms with Crippen molar-refractivity contribution in [2.75, 3.05) is 13.7 Å². The molecule has 4 heteroatoms. The van der Waals surface area contributed by atoms with Crippen LogP contribution in [0.15, 0.2) is 12.1 Å². The Bertz CT molecular complexity index is 388. The summed E-state index contributed by atoms with van der Waals surface area (Å²) in [6.45, 7) is 2.25. The zero-order valence-corrected chi connectivity index (χ0v) is 9.62.